The summed E-state index contributed by atoms with van der Waals surface area (Å²) in [4.78, 5) is 11.3. The van der Waals surface area contributed by atoms with Gasteiger partial charge in [0, 0.05) is 5.56 Å². The van der Waals surface area contributed by atoms with Crippen LogP contribution in [0.2, 0.25) is 10.0 Å². The number of rotatable bonds is 6. The maximum absolute atomic E-state index is 13.7. The highest BCUT2D eigenvalue weighted by Crippen LogP contribution is 2.21. The van der Waals surface area contributed by atoms with E-state index >= 15 is 0 Å². The van der Waals surface area contributed by atoms with Crippen molar-refractivity contribution in [3.05, 3.63) is 86.0 Å². The zero-order valence-corrected chi connectivity index (χ0v) is 15.3. The predicted octanol–water partition coefficient (Wildman–Crippen LogP) is 4.24. The van der Waals surface area contributed by atoms with E-state index in [1.807, 2.05) is 0 Å². The molecule has 1 aromatic heterocycles. The first kappa shape index (κ1) is 18.9. The predicted molar refractivity (Wildman–Crippen MR) is 103 cm³/mol. The maximum atomic E-state index is 13.7. The van der Waals surface area contributed by atoms with Gasteiger partial charge in [-0.2, -0.15) is 10.2 Å². The zero-order valence-electron chi connectivity index (χ0n) is 13.7. The Kier molecular flexibility index (Phi) is 6.05. The molecule has 0 amide bonds. The lowest BCUT2D eigenvalue weighted by Gasteiger charge is -2.09. The van der Waals surface area contributed by atoms with E-state index in [1.54, 1.807) is 30.3 Å². The maximum Gasteiger partial charge on any atom is 0.285 e. The molecule has 9 heteroatoms. The molecule has 0 spiro atoms. The van der Waals surface area contributed by atoms with Crippen molar-refractivity contribution in [3.8, 4) is 5.75 Å². The van der Waals surface area contributed by atoms with Crippen molar-refractivity contribution >= 4 is 35.1 Å². The van der Waals surface area contributed by atoms with Crippen LogP contribution >= 0.6 is 23.2 Å². The number of hydrogen-bond acceptors (Lipinski definition) is 5. The van der Waals surface area contributed by atoms with Gasteiger partial charge in [0.1, 0.15) is 28.9 Å². The first-order valence-electron chi connectivity index (χ1n) is 7.72. The van der Waals surface area contributed by atoms with Crippen molar-refractivity contribution in [1.82, 2.24) is 10.2 Å². The minimum Gasteiger partial charge on any atom is -0.489 e. The van der Waals surface area contributed by atoms with Gasteiger partial charge in [-0.25, -0.2) is 9.49 Å². The Labute approximate surface area is 163 Å². The average Bonchev–Trinajstić information content (AvgIpc) is 2.66. The second-order valence-electron chi connectivity index (χ2n) is 5.35. The van der Waals surface area contributed by atoms with Crippen LogP contribution in [0.25, 0.3) is 0 Å². The summed E-state index contributed by atoms with van der Waals surface area (Å²) in [5.41, 5.74) is 3.50. The first-order chi connectivity index (χ1) is 13.0. The summed E-state index contributed by atoms with van der Waals surface area (Å²) in [6, 6.07) is 11.5. The summed E-state index contributed by atoms with van der Waals surface area (Å²) >= 11 is 11.8. The Morgan fingerprint density at radius 2 is 2.00 bits per heavy atom. The highest BCUT2D eigenvalue weighted by Gasteiger charge is 2.07. The van der Waals surface area contributed by atoms with Crippen molar-refractivity contribution < 1.29 is 9.13 Å². The van der Waals surface area contributed by atoms with Gasteiger partial charge in [0.25, 0.3) is 5.56 Å². The SMILES string of the molecule is O=c1[nH]ncc(N/N=C/c2ccc(OCc3c(F)cccc3Cl)cc2)c1Cl. The summed E-state index contributed by atoms with van der Waals surface area (Å²) in [7, 11) is 0. The van der Waals surface area contributed by atoms with Crippen LogP contribution in [-0.4, -0.2) is 16.4 Å². The number of H-pyrrole nitrogens is 1. The molecule has 6 nitrogen and oxygen atoms in total. The number of aromatic amines is 1. The van der Waals surface area contributed by atoms with Crippen LogP contribution in [0, 0.1) is 5.82 Å². The van der Waals surface area contributed by atoms with Crippen molar-refractivity contribution in [1.29, 1.82) is 0 Å². The lowest BCUT2D eigenvalue weighted by atomic mass is 10.2. The number of halogens is 3. The van der Waals surface area contributed by atoms with Gasteiger partial charge in [0.2, 0.25) is 0 Å². The number of hydrazone groups is 1. The Morgan fingerprint density at radius 3 is 2.74 bits per heavy atom. The van der Waals surface area contributed by atoms with Gasteiger partial charge in [0.15, 0.2) is 0 Å². The van der Waals surface area contributed by atoms with E-state index < -0.39 is 11.4 Å². The largest absolute Gasteiger partial charge is 0.489 e. The van der Waals surface area contributed by atoms with Gasteiger partial charge in [-0.3, -0.25) is 10.2 Å². The molecule has 3 aromatic rings. The number of benzene rings is 2. The molecule has 3 rings (SSSR count). The van der Waals surface area contributed by atoms with Gasteiger partial charge in [-0.15, -0.1) is 0 Å². The van der Waals surface area contributed by atoms with E-state index in [9.17, 15) is 9.18 Å². The van der Waals surface area contributed by atoms with Crippen LogP contribution in [0.5, 0.6) is 5.75 Å². The number of aromatic nitrogens is 2. The third kappa shape index (κ3) is 4.84. The standard InChI is InChI=1S/C18H13Cl2FN4O2/c19-14-2-1-3-15(21)13(14)10-27-12-6-4-11(5-7-12)8-22-24-16-9-23-25-18(26)17(16)20/h1-9H,10H2,(H2,24,25,26)/b22-8+. The fourth-order valence-corrected chi connectivity index (χ4v) is 2.46. The molecule has 1 heterocycles. The number of anilines is 1. The Balaban J connectivity index is 1.60. The normalized spacial score (nSPS) is 10.9. The molecule has 0 unspecified atom stereocenters. The lowest BCUT2D eigenvalue weighted by Crippen LogP contribution is -2.10. The van der Waals surface area contributed by atoms with Crippen LogP contribution in [0.3, 0.4) is 0 Å². The molecular formula is C18H13Cl2FN4O2. The molecule has 0 atom stereocenters. The molecule has 138 valence electrons. The second kappa shape index (κ2) is 8.66. The molecular weight excluding hydrogens is 394 g/mol. The van der Waals surface area contributed by atoms with Crippen LogP contribution in [0.1, 0.15) is 11.1 Å². The topological polar surface area (TPSA) is 79.4 Å². The van der Waals surface area contributed by atoms with E-state index in [0.717, 1.165) is 5.56 Å². The third-order valence-electron chi connectivity index (χ3n) is 3.52. The third-order valence-corrected chi connectivity index (χ3v) is 4.25. The quantitative estimate of drug-likeness (QED) is 0.473. The van der Waals surface area contributed by atoms with Crippen LogP contribution < -0.4 is 15.7 Å². The van der Waals surface area contributed by atoms with Gasteiger partial charge >= 0.3 is 0 Å². The Hall–Kier alpha value is -2.90. The summed E-state index contributed by atoms with van der Waals surface area (Å²) in [5, 5.41) is 10.1. The van der Waals surface area contributed by atoms with Gasteiger partial charge in [-0.1, -0.05) is 29.3 Å². The molecule has 0 radical (unpaired) electrons. The van der Waals surface area contributed by atoms with Crippen molar-refractivity contribution in [2.24, 2.45) is 5.10 Å². The lowest BCUT2D eigenvalue weighted by molar-refractivity contribution is 0.300. The summed E-state index contributed by atoms with van der Waals surface area (Å²) < 4.78 is 19.3. The molecule has 0 fully saturated rings. The van der Waals surface area contributed by atoms with E-state index in [4.69, 9.17) is 27.9 Å². The zero-order chi connectivity index (χ0) is 19.2. The molecule has 0 aliphatic heterocycles. The molecule has 0 aliphatic carbocycles. The highest BCUT2D eigenvalue weighted by molar-refractivity contribution is 6.32. The number of hydrogen-bond donors (Lipinski definition) is 2. The Morgan fingerprint density at radius 1 is 1.22 bits per heavy atom. The number of ether oxygens (including phenoxy) is 1. The first-order valence-corrected chi connectivity index (χ1v) is 8.48. The van der Waals surface area contributed by atoms with Crippen molar-refractivity contribution in [2.45, 2.75) is 6.61 Å². The molecule has 0 saturated heterocycles. The molecule has 0 bridgehead atoms. The van der Waals surface area contributed by atoms with Crippen LogP contribution in [-0.2, 0) is 6.61 Å². The molecule has 0 saturated carbocycles. The molecule has 27 heavy (non-hydrogen) atoms. The van der Waals surface area contributed by atoms with Gasteiger partial charge < -0.3 is 4.74 Å². The molecule has 2 aromatic carbocycles. The minimum atomic E-state index is -0.506. The summed E-state index contributed by atoms with van der Waals surface area (Å²) in [6.45, 7) is 0.0224. The van der Waals surface area contributed by atoms with Crippen molar-refractivity contribution in [3.63, 3.8) is 0 Å². The van der Waals surface area contributed by atoms with Gasteiger partial charge in [-0.05, 0) is 42.0 Å². The fourth-order valence-electron chi connectivity index (χ4n) is 2.11. The van der Waals surface area contributed by atoms with Crippen LogP contribution in [0.4, 0.5) is 10.1 Å². The Bertz CT molecular complexity index is 1000. The van der Waals surface area contributed by atoms with Crippen LogP contribution in [0.15, 0.2) is 58.6 Å². The monoisotopic (exact) mass is 406 g/mol. The highest BCUT2D eigenvalue weighted by atomic mass is 35.5. The van der Waals surface area contributed by atoms with Crippen molar-refractivity contribution in [2.75, 3.05) is 5.43 Å². The minimum absolute atomic E-state index is 0.0224. The number of nitrogens with zero attached hydrogens (tertiary/aromatic N) is 2. The average molecular weight is 407 g/mol. The van der Waals surface area contributed by atoms with E-state index in [1.165, 1.54) is 24.5 Å². The van der Waals surface area contributed by atoms with E-state index in [0.29, 0.717) is 22.0 Å². The second-order valence-corrected chi connectivity index (χ2v) is 6.14. The van der Waals surface area contributed by atoms with E-state index in [2.05, 4.69) is 20.7 Å². The molecule has 2 N–H and O–H groups in total. The summed E-state index contributed by atoms with van der Waals surface area (Å²) in [5.74, 6) is 0.145. The van der Waals surface area contributed by atoms with Gasteiger partial charge in [0.05, 0.1) is 17.4 Å². The molecule has 0 aliphatic rings. The smallest absolute Gasteiger partial charge is 0.285 e. The fraction of sp³-hybridized carbons (Fsp3) is 0.0556. The summed E-state index contributed by atoms with van der Waals surface area (Å²) in [6.07, 6.45) is 2.89. The van der Waals surface area contributed by atoms with E-state index in [-0.39, 0.29) is 11.6 Å². The number of nitrogens with one attached hydrogen (secondary N) is 2.